The monoisotopic (exact) mass is 390 g/mol. The first kappa shape index (κ1) is 19.2. The van der Waals surface area contributed by atoms with Crippen molar-refractivity contribution in [2.45, 2.75) is 38.1 Å². The molecule has 29 heavy (non-hydrogen) atoms. The first-order valence-corrected chi connectivity index (χ1v) is 10.2. The molecule has 0 bridgehead atoms. The Bertz CT molecular complexity index is 905. The van der Waals surface area contributed by atoms with Crippen molar-refractivity contribution in [1.29, 1.82) is 5.26 Å². The van der Waals surface area contributed by atoms with Gasteiger partial charge in [0.15, 0.2) is 11.5 Å². The highest BCUT2D eigenvalue weighted by atomic mass is 16.2. The highest BCUT2D eigenvalue weighted by Gasteiger charge is 2.27. The van der Waals surface area contributed by atoms with Crippen LogP contribution in [0.1, 0.15) is 37.8 Å². The second kappa shape index (κ2) is 8.48. The molecule has 1 aromatic carbocycles. The Balaban J connectivity index is 1.42. The average Bonchev–Trinajstić information content (AvgIpc) is 3.58. The molecule has 150 valence electrons. The van der Waals surface area contributed by atoms with Crippen LogP contribution in [0.25, 0.3) is 0 Å². The quantitative estimate of drug-likeness (QED) is 0.815. The van der Waals surface area contributed by atoms with Gasteiger partial charge in [-0.15, -0.1) is 0 Å². The number of hydrogen-bond acceptors (Lipinski definition) is 6. The molecule has 0 unspecified atom stereocenters. The summed E-state index contributed by atoms with van der Waals surface area (Å²) >= 11 is 0. The molecule has 1 aromatic heterocycles. The Morgan fingerprint density at radius 2 is 2.10 bits per heavy atom. The number of benzene rings is 1. The summed E-state index contributed by atoms with van der Waals surface area (Å²) in [5.74, 6) is 1.76. The highest BCUT2D eigenvalue weighted by Crippen LogP contribution is 2.28. The Hall–Kier alpha value is -3.14. The highest BCUT2D eigenvalue weighted by molar-refractivity contribution is 5.92. The lowest BCUT2D eigenvalue weighted by atomic mass is 9.94. The fourth-order valence-corrected chi connectivity index (χ4v) is 3.75. The van der Waals surface area contributed by atoms with Crippen molar-refractivity contribution >= 4 is 23.2 Å². The number of carbonyl (C=O) groups excluding carboxylic acids is 1. The van der Waals surface area contributed by atoms with Crippen molar-refractivity contribution in [3.63, 3.8) is 0 Å². The number of nitrogens with zero attached hydrogens (tertiary/aromatic N) is 5. The van der Waals surface area contributed by atoms with E-state index in [2.05, 4.69) is 26.3 Å². The van der Waals surface area contributed by atoms with E-state index in [1.807, 2.05) is 37.4 Å². The molecule has 2 aromatic rings. The molecule has 2 heterocycles. The summed E-state index contributed by atoms with van der Waals surface area (Å²) in [5.41, 5.74) is 1.26. The van der Waals surface area contributed by atoms with Crippen LogP contribution in [0, 0.1) is 17.2 Å². The molecule has 0 spiro atoms. The van der Waals surface area contributed by atoms with Crippen molar-refractivity contribution < 1.29 is 4.79 Å². The molecule has 1 saturated heterocycles. The summed E-state index contributed by atoms with van der Waals surface area (Å²) in [6, 6.07) is 12.3. The van der Waals surface area contributed by atoms with Crippen LogP contribution in [0.2, 0.25) is 0 Å². The molecular weight excluding hydrogens is 364 g/mol. The first-order chi connectivity index (χ1) is 14.1. The largest absolute Gasteiger partial charge is 0.365 e. The van der Waals surface area contributed by atoms with Crippen LogP contribution in [0.4, 0.5) is 17.3 Å². The fraction of sp³-hybridized carbons (Fsp3) is 0.455. The summed E-state index contributed by atoms with van der Waals surface area (Å²) < 4.78 is 0. The van der Waals surface area contributed by atoms with Gasteiger partial charge in [-0.25, -0.2) is 9.97 Å². The zero-order valence-corrected chi connectivity index (χ0v) is 16.7. The van der Waals surface area contributed by atoms with E-state index in [0.717, 1.165) is 50.3 Å². The second-order valence-corrected chi connectivity index (χ2v) is 7.90. The normalized spacial score (nSPS) is 18.8. The second-order valence-electron chi connectivity index (χ2n) is 7.90. The third-order valence-electron chi connectivity index (χ3n) is 5.61. The Morgan fingerprint density at radius 3 is 2.83 bits per heavy atom. The molecule has 2 fully saturated rings. The lowest BCUT2D eigenvalue weighted by molar-refractivity contribution is -0.119. The van der Waals surface area contributed by atoms with Crippen molar-refractivity contribution in [3.05, 3.63) is 42.2 Å². The third-order valence-corrected chi connectivity index (χ3v) is 5.61. The number of piperidine rings is 1. The number of anilines is 3. The van der Waals surface area contributed by atoms with Crippen LogP contribution in [0.15, 0.2) is 36.5 Å². The predicted octanol–water partition coefficient (Wildman–Crippen LogP) is 3.19. The smallest absolute Gasteiger partial charge is 0.227 e. The van der Waals surface area contributed by atoms with E-state index in [9.17, 15) is 10.1 Å². The van der Waals surface area contributed by atoms with Gasteiger partial charge in [-0.2, -0.15) is 5.26 Å². The Morgan fingerprint density at radius 1 is 1.31 bits per heavy atom. The maximum Gasteiger partial charge on any atom is 0.227 e. The minimum Gasteiger partial charge on any atom is -0.365 e. The topological polar surface area (TPSA) is 85.2 Å². The molecular formula is C22H26N6O. The van der Waals surface area contributed by atoms with E-state index in [0.29, 0.717) is 24.0 Å². The lowest BCUT2D eigenvalue weighted by Gasteiger charge is -2.34. The molecule has 7 nitrogen and oxygen atoms in total. The molecule has 1 amide bonds. The number of rotatable bonds is 6. The van der Waals surface area contributed by atoms with Gasteiger partial charge in [0.05, 0.1) is 6.20 Å². The number of nitrogens with one attached hydrogen (secondary N) is 1. The van der Waals surface area contributed by atoms with Gasteiger partial charge < -0.3 is 15.1 Å². The van der Waals surface area contributed by atoms with Gasteiger partial charge in [0.2, 0.25) is 5.91 Å². The molecule has 4 rings (SSSR count). The summed E-state index contributed by atoms with van der Waals surface area (Å²) in [6.45, 7) is 1.67. The number of nitriles is 1. The maximum absolute atomic E-state index is 12.8. The third kappa shape index (κ3) is 4.65. The average molecular weight is 390 g/mol. The van der Waals surface area contributed by atoms with Gasteiger partial charge in [0.25, 0.3) is 0 Å². The summed E-state index contributed by atoms with van der Waals surface area (Å²) in [5, 5.41) is 12.6. The lowest BCUT2D eigenvalue weighted by Crippen LogP contribution is -2.39. The zero-order chi connectivity index (χ0) is 20.2. The molecule has 7 heteroatoms. The van der Waals surface area contributed by atoms with Crippen LogP contribution in [0.3, 0.4) is 0 Å². The van der Waals surface area contributed by atoms with E-state index in [1.54, 1.807) is 11.1 Å². The minimum atomic E-state index is 0.130. The standard InChI is InChI=1S/C22H26N6O/c1-27(18-7-3-2-4-8-18)21(29)12-16-6-5-11-28(15-16)20-14-24-19(13-23)22(26-20)25-17-9-10-17/h2-4,7-8,14,16-17H,5-6,9-12,15H2,1H3,(H,25,26)/t16-/m0/s1. The van der Waals surface area contributed by atoms with Crippen LogP contribution in [-0.4, -0.2) is 42.1 Å². The van der Waals surface area contributed by atoms with Crippen molar-refractivity contribution in [3.8, 4) is 6.07 Å². The maximum atomic E-state index is 12.8. The van der Waals surface area contributed by atoms with E-state index < -0.39 is 0 Å². The zero-order valence-electron chi connectivity index (χ0n) is 16.7. The van der Waals surface area contributed by atoms with E-state index in [-0.39, 0.29) is 11.8 Å². The summed E-state index contributed by atoms with van der Waals surface area (Å²) in [6.07, 6.45) is 6.46. The van der Waals surface area contributed by atoms with Crippen LogP contribution < -0.4 is 15.1 Å². The first-order valence-electron chi connectivity index (χ1n) is 10.2. The number of hydrogen-bond donors (Lipinski definition) is 1. The molecule has 1 aliphatic carbocycles. The minimum absolute atomic E-state index is 0.130. The summed E-state index contributed by atoms with van der Waals surface area (Å²) in [7, 11) is 1.83. The van der Waals surface area contributed by atoms with Crippen molar-refractivity contribution in [2.75, 3.05) is 35.3 Å². The van der Waals surface area contributed by atoms with Gasteiger partial charge >= 0.3 is 0 Å². The van der Waals surface area contributed by atoms with E-state index in [4.69, 9.17) is 0 Å². The van der Waals surface area contributed by atoms with E-state index >= 15 is 0 Å². The van der Waals surface area contributed by atoms with Crippen LogP contribution >= 0.6 is 0 Å². The van der Waals surface area contributed by atoms with Crippen molar-refractivity contribution in [1.82, 2.24) is 9.97 Å². The number of amides is 1. The van der Waals surface area contributed by atoms with Gasteiger partial charge in [0.1, 0.15) is 11.9 Å². The molecule has 1 atom stereocenters. The van der Waals surface area contributed by atoms with Crippen LogP contribution in [-0.2, 0) is 4.79 Å². The number of para-hydroxylation sites is 1. The van der Waals surface area contributed by atoms with Gasteiger partial charge in [-0.1, -0.05) is 18.2 Å². The van der Waals surface area contributed by atoms with Gasteiger partial charge in [0, 0.05) is 38.3 Å². The van der Waals surface area contributed by atoms with Crippen molar-refractivity contribution in [2.24, 2.45) is 5.92 Å². The molecule has 1 aliphatic heterocycles. The Kier molecular flexibility index (Phi) is 5.61. The number of carbonyl (C=O) groups is 1. The fourth-order valence-electron chi connectivity index (χ4n) is 3.75. The summed E-state index contributed by atoms with van der Waals surface area (Å²) in [4.78, 5) is 25.7. The molecule has 1 saturated carbocycles. The molecule has 2 aliphatic rings. The Labute approximate surface area is 171 Å². The number of aromatic nitrogens is 2. The van der Waals surface area contributed by atoms with E-state index in [1.165, 1.54) is 0 Å². The van der Waals surface area contributed by atoms with Gasteiger partial charge in [-0.3, -0.25) is 4.79 Å². The predicted molar refractivity (Wildman–Crippen MR) is 113 cm³/mol. The SMILES string of the molecule is CN(C(=O)C[C@@H]1CCCN(c2cnc(C#N)c(NC3CC3)n2)C1)c1ccccc1. The molecule has 1 N–H and O–H groups in total. The van der Waals surface area contributed by atoms with Gasteiger partial charge in [-0.05, 0) is 43.7 Å². The molecule has 0 radical (unpaired) electrons. The van der Waals surface area contributed by atoms with Crippen LogP contribution in [0.5, 0.6) is 0 Å².